The highest BCUT2D eigenvalue weighted by atomic mass is 16.2. The number of benzene rings is 1. The first-order valence-electron chi connectivity index (χ1n) is 10.2. The van der Waals surface area contributed by atoms with Crippen LogP contribution in [0.5, 0.6) is 0 Å². The smallest absolute Gasteiger partial charge is 0.234 e. The van der Waals surface area contributed by atoms with Gasteiger partial charge in [0.1, 0.15) is 0 Å². The molecule has 1 aliphatic heterocycles. The predicted octanol–water partition coefficient (Wildman–Crippen LogP) is 2.95. The third kappa shape index (κ3) is 4.59. The van der Waals surface area contributed by atoms with E-state index < -0.39 is 0 Å². The van der Waals surface area contributed by atoms with Crippen molar-refractivity contribution in [2.75, 3.05) is 19.6 Å². The Morgan fingerprint density at radius 2 is 1.89 bits per heavy atom. The van der Waals surface area contributed by atoms with Gasteiger partial charge >= 0.3 is 0 Å². The zero-order valence-corrected chi connectivity index (χ0v) is 17.5. The van der Waals surface area contributed by atoms with Crippen LogP contribution in [0.15, 0.2) is 24.3 Å². The van der Waals surface area contributed by atoms with Crippen molar-refractivity contribution in [1.82, 2.24) is 15.2 Å². The van der Waals surface area contributed by atoms with Gasteiger partial charge in [0.05, 0.1) is 6.54 Å². The van der Waals surface area contributed by atoms with Crippen molar-refractivity contribution in [3.05, 3.63) is 52.3 Å². The number of piperazine rings is 1. The third-order valence-electron chi connectivity index (χ3n) is 5.34. The number of aromatic nitrogens is 1. The minimum absolute atomic E-state index is 0.0872. The molecule has 0 aliphatic carbocycles. The van der Waals surface area contributed by atoms with Gasteiger partial charge in [-0.2, -0.15) is 0 Å². The molecule has 1 amide bonds. The number of carbonyl (C=O) groups is 1. The van der Waals surface area contributed by atoms with Crippen molar-refractivity contribution in [2.45, 2.75) is 47.2 Å². The summed E-state index contributed by atoms with van der Waals surface area (Å²) >= 11 is 0. The molecule has 3 rings (SSSR count). The van der Waals surface area contributed by atoms with Gasteiger partial charge in [-0.3, -0.25) is 14.7 Å². The number of nitrogens with zero attached hydrogens (tertiary/aromatic N) is 2. The lowest BCUT2D eigenvalue weighted by atomic mass is 9.89. The van der Waals surface area contributed by atoms with Crippen molar-refractivity contribution in [3.63, 3.8) is 0 Å². The molecule has 1 fully saturated rings. The fraction of sp³-hybridized carbons (Fsp3) is 0.478. The molecule has 2 aromatic rings. The maximum absolute atomic E-state index is 11.9. The molecule has 2 heterocycles. The molecule has 5 nitrogen and oxygen atoms in total. The number of hydrogen-bond acceptors (Lipinski definition) is 4. The summed E-state index contributed by atoms with van der Waals surface area (Å²) in [6.45, 7) is 11.8. The van der Waals surface area contributed by atoms with Crippen LogP contribution in [0.4, 0.5) is 0 Å². The molecule has 5 heteroatoms. The second-order valence-corrected chi connectivity index (χ2v) is 8.20. The maximum atomic E-state index is 11.9. The van der Waals surface area contributed by atoms with E-state index in [0.717, 1.165) is 29.9 Å². The average Bonchev–Trinajstić information content (AvgIpc) is 2.64. The number of nitrogens with two attached hydrogens (primary N) is 1. The monoisotopic (exact) mass is 380 g/mol. The standard InChI is InChI=1S/C23H32N4O/c1-15(2)11-21-19(12-24)23(18-7-5-16(3)6-8-18)20(17(4)26-21)13-27-10-9-25-22(28)14-27/h5-8,15H,9-14,24H2,1-4H3,(H,25,28). The van der Waals surface area contributed by atoms with Gasteiger partial charge in [0, 0.05) is 37.6 Å². The van der Waals surface area contributed by atoms with Crippen molar-refractivity contribution in [1.29, 1.82) is 0 Å². The van der Waals surface area contributed by atoms with Crippen molar-refractivity contribution in [2.24, 2.45) is 11.7 Å². The van der Waals surface area contributed by atoms with E-state index in [2.05, 4.69) is 62.2 Å². The highest BCUT2D eigenvalue weighted by molar-refractivity contribution is 5.79. The molecule has 0 unspecified atom stereocenters. The molecule has 0 bridgehead atoms. The van der Waals surface area contributed by atoms with Gasteiger partial charge in [0.2, 0.25) is 5.91 Å². The largest absolute Gasteiger partial charge is 0.354 e. The molecule has 150 valence electrons. The quantitative estimate of drug-likeness (QED) is 0.808. The normalized spacial score (nSPS) is 15.1. The number of hydrogen-bond donors (Lipinski definition) is 2. The van der Waals surface area contributed by atoms with Crippen LogP contribution in [-0.4, -0.2) is 35.4 Å². The molecule has 3 N–H and O–H groups in total. The molecule has 1 saturated heterocycles. The minimum Gasteiger partial charge on any atom is -0.354 e. The summed E-state index contributed by atoms with van der Waals surface area (Å²) in [4.78, 5) is 19.0. The van der Waals surface area contributed by atoms with Gasteiger partial charge in [0.15, 0.2) is 0 Å². The lowest BCUT2D eigenvalue weighted by molar-refractivity contribution is -0.124. The Bertz CT molecular complexity index is 843. The predicted molar refractivity (Wildman–Crippen MR) is 114 cm³/mol. The molecule has 1 aromatic carbocycles. The highest BCUT2D eigenvalue weighted by Gasteiger charge is 2.23. The van der Waals surface area contributed by atoms with E-state index in [0.29, 0.717) is 32.1 Å². The second-order valence-electron chi connectivity index (χ2n) is 8.20. The second kappa shape index (κ2) is 8.84. The summed E-state index contributed by atoms with van der Waals surface area (Å²) in [5.41, 5.74) is 14.3. The Morgan fingerprint density at radius 1 is 1.18 bits per heavy atom. The fourth-order valence-electron chi connectivity index (χ4n) is 3.93. The van der Waals surface area contributed by atoms with Crippen LogP contribution in [0.1, 0.15) is 41.9 Å². The Kier molecular flexibility index (Phi) is 6.47. The van der Waals surface area contributed by atoms with Crippen LogP contribution < -0.4 is 11.1 Å². The van der Waals surface area contributed by atoms with E-state index in [1.165, 1.54) is 22.3 Å². The summed E-state index contributed by atoms with van der Waals surface area (Å²) < 4.78 is 0. The van der Waals surface area contributed by atoms with Crippen molar-refractivity contribution < 1.29 is 4.79 Å². The molecular weight excluding hydrogens is 348 g/mol. The Labute approximate surface area is 168 Å². The lowest BCUT2D eigenvalue weighted by Crippen LogP contribution is -2.47. The third-order valence-corrected chi connectivity index (χ3v) is 5.34. The zero-order chi connectivity index (χ0) is 20.3. The molecule has 0 radical (unpaired) electrons. The molecule has 1 aromatic heterocycles. The Balaban J connectivity index is 2.13. The Hall–Kier alpha value is -2.24. The Morgan fingerprint density at radius 3 is 2.50 bits per heavy atom. The van der Waals surface area contributed by atoms with Gasteiger partial charge in [-0.05, 0) is 48.4 Å². The highest BCUT2D eigenvalue weighted by Crippen LogP contribution is 2.33. The number of amides is 1. The van der Waals surface area contributed by atoms with E-state index in [1.54, 1.807) is 0 Å². The van der Waals surface area contributed by atoms with Crippen LogP contribution in [0.25, 0.3) is 11.1 Å². The summed E-state index contributed by atoms with van der Waals surface area (Å²) in [5.74, 6) is 0.601. The number of pyridine rings is 1. The lowest BCUT2D eigenvalue weighted by Gasteiger charge is -2.29. The van der Waals surface area contributed by atoms with Crippen LogP contribution in [0, 0.1) is 19.8 Å². The van der Waals surface area contributed by atoms with E-state index in [-0.39, 0.29) is 5.91 Å². The van der Waals surface area contributed by atoms with Gasteiger partial charge in [-0.15, -0.1) is 0 Å². The summed E-state index contributed by atoms with van der Waals surface area (Å²) in [6.07, 6.45) is 0.915. The molecule has 0 spiro atoms. The fourth-order valence-corrected chi connectivity index (χ4v) is 3.93. The zero-order valence-electron chi connectivity index (χ0n) is 17.5. The van der Waals surface area contributed by atoms with E-state index >= 15 is 0 Å². The van der Waals surface area contributed by atoms with Crippen LogP contribution >= 0.6 is 0 Å². The first kappa shape index (κ1) is 20.5. The van der Waals surface area contributed by atoms with Gasteiger partial charge in [-0.25, -0.2) is 0 Å². The van der Waals surface area contributed by atoms with Crippen LogP contribution in [0.3, 0.4) is 0 Å². The topological polar surface area (TPSA) is 71.2 Å². The summed E-state index contributed by atoms with van der Waals surface area (Å²) in [7, 11) is 0. The number of rotatable bonds is 6. The molecule has 28 heavy (non-hydrogen) atoms. The summed E-state index contributed by atoms with van der Waals surface area (Å²) in [5, 5.41) is 2.90. The first-order valence-corrected chi connectivity index (χ1v) is 10.2. The van der Waals surface area contributed by atoms with Crippen molar-refractivity contribution >= 4 is 5.91 Å². The van der Waals surface area contributed by atoms with E-state index in [9.17, 15) is 4.79 Å². The molecule has 1 aliphatic rings. The van der Waals surface area contributed by atoms with Gasteiger partial charge < -0.3 is 11.1 Å². The summed E-state index contributed by atoms with van der Waals surface area (Å²) in [6, 6.07) is 8.64. The van der Waals surface area contributed by atoms with Crippen molar-refractivity contribution in [3.8, 4) is 11.1 Å². The molecule has 0 saturated carbocycles. The average molecular weight is 381 g/mol. The van der Waals surface area contributed by atoms with E-state index in [4.69, 9.17) is 10.7 Å². The number of aryl methyl sites for hydroxylation is 2. The first-order chi connectivity index (χ1) is 13.4. The van der Waals surface area contributed by atoms with Gasteiger partial charge in [0.25, 0.3) is 0 Å². The minimum atomic E-state index is 0.0872. The maximum Gasteiger partial charge on any atom is 0.234 e. The van der Waals surface area contributed by atoms with Crippen LogP contribution in [-0.2, 0) is 24.3 Å². The SMILES string of the molecule is Cc1ccc(-c2c(CN3CCNC(=O)C3)c(C)nc(CC(C)C)c2CN)cc1. The molecule has 0 atom stereocenters. The molecular formula is C23H32N4O. The number of nitrogens with one attached hydrogen (secondary N) is 1. The van der Waals surface area contributed by atoms with E-state index in [1.807, 2.05) is 0 Å². The number of carbonyl (C=O) groups excluding carboxylic acids is 1. The van der Waals surface area contributed by atoms with Gasteiger partial charge in [-0.1, -0.05) is 43.7 Å². The van der Waals surface area contributed by atoms with Crippen LogP contribution in [0.2, 0.25) is 0 Å².